The summed E-state index contributed by atoms with van der Waals surface area (Å²) in [4.78, 5) is 24.3. The van der Waals surface area contributed by atoms with Crippen molar-refractivity contribution in [2.75, 3.05) is 0 Å². The lowest BCUT2D eigenvalue weighted by Gasteiger charge is -2.18. The maximum Gasteiger partial charge on any atom is 0.340 e. The third-order valence-electron chi connectivity index (χ3n) is 5.66. The van der Waals surface area contributed by atoms with Gasteiger partial charge in [0.25, 0.3) is 10.0 Å². The first kappa shape index (κ1) is 21.6. The smallest absolute Gasteiger partial charge is 0.340 e. The zero-order chi connectivity index (χ0) is 22.7. The lowest BCUT2D eigenvalue weighted by Crippen LogP contribution is -2.18. The number of Topliss-reactive ketones (excluding diaryl/α,β-unsaturated/α-hetero) is 1. The summed E-state index contributed by atoms with van der Waals surface area (Å²) in [6.07, 6.45) is 0. The van der Waals surface area contributed by atoms with Gasteiger partial charge >= 0.3 is 5.97 Å². The lowest BCUT2D eigenvalue weighted by atomic mass is 10.0. The number of hydrogen-bond acceptors (Lipinski definition) is 5. The Labute approximate surface area is 174 Å². The number of nitrogens with zero attached hydrogens (tertiary/aromatic N) is 1. The van der Waals surface area contributed by atoms with E-state index in [1.807, 2.05) is 19.9 Å². The number of carbonyl (C=O) groups is 2. The molecule has 0 saturated carbocycles. The Morgan fingerprint density at radius 3 is 1.93 bits per heavy atom. The molecular formula is C22H23NO6S. The highest BCUT2D eigenvalue weighted by Crippen LogP contribution is 2.38. The molecule has 0 spiro atoms. The van der Waals surface area contributed by atoms with Gasteiger partial charge in [0.05, 0.1) is 10.4 Å². The van der Waals surface area contributed by atoms with Crippen LogP contribution in [-0.2, 0) is 10.0 Å². The molecule has 0 aliphatic rings. The molecule has 0 atom stereocenters. The third kappa shape index (κ3) is 2.90. The number of benzene rings is 2. The van der Waals surface area contributed by atoms with E-state index in [2.05, 4.69) is 0 Å². The van der Waals surface area contributed by atoms with Crippen molar-refractivity contribution in [3.8, 4) is 5.75 Å². The molecule has 1 heterocycles. The predicted molar refractivity (Wildman–Crippen MR) is 113 cm³/mol. The number of aromatic nitrogens is 1. The van der Waals surface area contributed by atoms with Crippen LogP contribution in [0.25, 0.3) is 10.9 Å². The van der Waals surface area contributed by atoms with Gasteiger partial charge in [-0.25, -0.2) is 17.2 Å². The topological polar surface area (TPSA) is 114 Å². The first-order chi connectivity index (χ1) is 13.8. The van der Waals surface area contributed by atoms with Crippen molar-refractivity contribution < 1.29 is 28.2 Å². The van der Waals surface area contributed by atoms with E-state index in [0.29, 0.717) is 11.1 Å². The molecule has 0 bridgehead atoms. The van der Waals surface area contributed by atoms with Crippen LogP contribution in [0.15, 0.2) is 23.1 Å². The van der Waals surface area contributed by atoms with Crippen LogP contribution in [0.3, 0.4) is 0 Å². The standard InChI is InChI=1S/C22H23NO6S/c1-10-9-11(2)13(4)21(12(10)3)30(28,29)23-14(5)18(15(6)24)19-16(23)7-8-17(25)20(19)22(26)27/h7-9,25H,1-6H3,(H,26,27). The number of phenols is 1. The quantitative estimate of drug-likeness (QED) is 0.606. The summed E-state index contributed by atoms with van der Waals surface area (Å²) in [7, 11) is -4.18. The summed E-state index contributed by atoms with van der Waals surface area (Å²) in [6.45, 7) is 9.78. The SMILES string of the molecule is CC(=O)c1c(C)n(S(=O)(=O)c2c(C)c(C)cc(C)c2C)c2ccc(O)c(C(=O)O)c12. The molecule has 0 radical (unpaired) electrons. The van der Waals surface area contributed by atoms with Crippen molar-refractivity contribution >= 4 is 32.7 Å². The molecule has 158 valence electrons. The number of aromatic hydroxyl groups is 1. The maximum atomic E-state index is 13.9. The third-order valence-corrected chi connectivity index (χ3v) is 7.74. The summed E-state index contributed by atoms with van der Waals surface area (Å²) in [6, 6.07) is 4.36. The second-order valence-electron chi connectivity index (χ2n) is 7.53. The lowest BCUT2D eigenvalue weighted by molar-refractivity contribution is 0.0696. The second kappa shape index (κ2) is 6.98. The number of carboxylic acid groups (broad SMARTS) is 1. The highest BCUT2D eigenvalue weighted by molar-refractivity contribution is 7.90. The minimum atomic E-state index is -4.18. The summed E-state index contributed by atoms with van der Waals surface area (Å²) in [5, 5.41) is 19.6. The average Bonchev–Trinajstić information content (AvgIpc) is 2.92. The van der Waals surface area contributed by atoms with Crippen LogP contribution < -0.4 is 0 Å². The number of ketones is 1. The van der Waals surface area contributed by atoms with Crippen molar-refractivity contribution in [2.24, 2.45) is 0 Å². The van der Waals surface area contributed by atoms with Crippen molar-refractivity contribution in [3.63, 3.8) is 0 Å². The largest absolute Gasteiger partial charge is 0.507 e. The summed E-state index contributed by atoms with van der Waals surface area (Å²) in [5.74, 6) is -2.48. The van der Waals surface area contributed by atoms with Gasteiger partial charge in [0, 0.05) is 16.6 Å². The first-order valence-electron chi connectivity index (χ1n) is 9.26. The molecule has 0 aliphatic heterocycles. The Bertz CT molecular complexity index is 1340. The molecule has 2 aromatic carbocycles. The molecule has 1 aromatic heterocycles. The van der Waals surface area contributed by atoms with Crippen molar-refractivity contribution in [1.29, 1.82) is 0 Å². The van der Waals surface area contributed by atoms with E-state index in [1.54, 1.807) is 13.8 Å². The molecule has 3 rings (SSSR count). The molecule has 3 aromatic rings. The van der Waals surface area contributed by atoms with E-state index < -0.39 is 33.1 Å². The fourth-order valence-electron chi connectivity index (χ4n) is 4.08. The Balaban J connectivity index is 2.59. The number of carbonyl (C=O) groups excluding carboxylic acids is 1. The van der Waals surface area contributed by atoms with Gasteiger partial charge in [-0.15, -0.1) is 0 Å². The minimum absolute atomic E-state index is 0.0332. The average molecular weight is 429 g/mol. The Morgan fingerprint density at radius 2 is 1.47 bits per heavy atom. The van der Waals surface area contributed by atoms with Crippen LogP contribution in [0.2, 0.25) is 0 Å². The molecule has 0 aliphatic carbocycles. The molecule has 0 amide bonds. The Hall–Kier alpha value is -3.13. The number of carboxylic acids is 1. The molecule has 0 saturated heterocycles. The normalized spacial score (nSPS) is 11.8. The molecule has 7 nitrogen and oxygen atoms in total. The zero-order valence-electron chi connectivity index (χ0n) is 17.6. The van der Waals surface area contributed by atoms with Crippen LogP contribution in [0.1, 0.15) is 55.6 Å². The summed E-state index contributed by atoms with van der Waals surface area (Å²) in [5.41, 5.74) is 2.38. The van der Waals surface area contributed by atoms with Crippen LogP contribution in [0, 0.1) is 34.6 Å². The predicted octanol–water partition coefficient (Wildman–Crippen LogP) is 4.03. The molecular weight excluding hydrogens is 406 g/mol. The second-order valence-corrected chi connectivity index (χ2v) is 9.26. The molecule has 30 heavy (non-hydrogen) atoms. The minimum Gasteiger partial charge on any atom is -0.507 e. The fourth-order valence-corrected chi connectivity index (χ4v) is 6.22. The number of fused-ring (bicyclic) bond motifs is 1. The van der Waals surface area contributed by atoms with Gasteiger partial charge in [0.1, 0.15) is 11.3 Å². The molecule has 0 fully saturated rings. The van der Waals surface area contributed by atoms with Crippen LogP contribution in [0.5, 0.6) is 5.75 Å². The fraction of sp³-hybridized carbons (Fsp3) is 0.273. The van der Waals surface area contributed by atoms with E-state index >= 15 is 0 Å². The van der Waals surface area contributed by atoms with Gasteiger partial charge in [-0.3, -0.25) is 4.79 Å². The van der Waals surface area contributed by atoms with Crippen molar-refractivity contribution in [1.82, 2.24) is 3.97 Å². The van der Waals surface area contributed by atoms with E-state index in [9.17, 15) is 28.2 Å². The van der Waals surface area contributed by atoms with Gasteiger partial charge in [-0.2, -0.15) is 0 Å². The van der Waals surface area contributed by atoms with Gasteiger partial charge in [-0.05, 0) is 75.9 Å². The number of rotatable bonds is 4. The van der Waals surface area contributed by atoms with Crippen molar-refractivity contribution in [3.05, 3.63) is 57.3 Å². The number of aryl methyl sites for hydroxylation is 2. The van der Waals surface area contributed by atoms with E-state index in [4.69, 9.17) is 0 Å². The maximum absolute atomic E-state index is 13.9. The van der Waals surface area contributed by atoms with Crippen LogP contribution >= 0.6 is 0 Å². The van der Waals surface area contributed by atoms with E-state index in [1.165, 1.54) is 19.9 Å². The van der Waals surface area contributed by atoms with E-state index in [-0.39, 0.29) is 27.1 Å². The Morgan fingerprint density at radius 1 is 0.933 bits per heavy atom. The number of aromatic carboxylic acids is 1. The van der Waals surface area contributed by atoms with Crippen molar-refractivity contribution in [2.45, 2.75) is 46.4 Å². The molecule has 0 unspecified atom stereocenters. The van der Waals surface area contributed by atoms with Crippen LogP contribution in [0.4, 0.5) is 0 Å². The summed E-state index contributed by atoms with van der Waals surface area (Å²) < 4.78 is 28.7. The Kier molecular flexibility index (Phi) is 5.02. The van der Waals surface area contributed by atoms with E-state index in [0.717, 1.165) is 21.2 Å². The van der Waals surface area contributed by atoms with Gasteiger partial charge in [0.2, 0.25) is 0 Å². The van der Waals surface area contributed by atoms with Gasteiger partial charge < -0.3 is 10.2 Å². The van der Waals surface area contributed by atoms with Crippen LogP contribution in [-0.4, -0.2) is 34.4 Å². The summed E-state index contributed by atoms with van der Waals surface area (Å²) >= 11 is 0. The highest BCUT2D eigenvalue weighted by Gasteiger charge is 2.32. The first-order valence-corrected chi connectivity index (χ1v) is 10.7. The van der Waals surface area contributed by atoms with Gasteiger partial charge in [-0.1, -0.05) is 6.07 Å². The highest BCUT2D eigenvalue weighted by atomic mass is 32.2. The number of hydrogen-bond donors (Lipinski definition) is 2. The van der Waals surface area contributed by atoms with Gasteiger partial charge in [0.15, 0.2) is 5.78 Å². The monoisotopic (exact) mass is 429 g/mol. The molecule has 2 N–H and O–H groups in total. The molecule has 8 heteroatoms. The zero-order valence-corrected chi connectivity index (χ0v) is 18.4.